The Bertz CT molecular complexity index is 3610. The first kappa shape index (κ1) is 33.3. The minimum Gasteiger partial charge on any atom is -0.309 e. The predicted octanol–water partition coefficient (Wildman–Crippen LogP) is 15.3. The molecule has 1 aliphatic carbocycles. The van der Waals surface area contributed by atoms with Crippen LogP contribution in [0.1, 0.15) is 11.1 Å². The molecule has 0 saturated carbocycles. The van der Waals surface area contributed by atoms with Gasteiger partial charge < -0.3 is 9.13 Å². The van der Waals surface area contributed by atoms with Gasteiger partial charge in [0.2, 0.25) is 0 Å². The van der Waals surface area contributed by atoms with Crippen molar-refractivity contribution < 1.29 is 0 Å². The Morgan fingerprint density at radius 2 is 0.800 bits per heavy atom. The fraction of sp³-hybridized carbons (Fsp3) is 0.0345. The zero-order valence-electron chi connectivity index (χ0n) is 32.9. The lowest BCUT2D eigenvalue weighted by Gasteiger charge is -2.23. The molecule has 60 heavy (non-hydrogen) atoms. The van der Waals surface area contributed by atoms with Crippen LogP contribution in [0.3, 0.4) is 0 Å². The van der Waals surface area contributed by atoms with Gasteiger partial charge in [0.15, 0.2) is 0 Å². The van der Waals surface area contributed by atoms with Gasteiger partial charge in [0.05, 0.1) is 22.1 Å². The molecule has 2 heteroatoms. The van der Waals surface area contributed by atoms with Crippen molar-refractivity contribution in [1.82, 2.24) is 9.13 Å². The second kappa shape index (κ2) is 12.9. The quantitative estimate of drug-likeness (QED) is 0.169. The average Bonchev–Trinajstić information content (AvgIpc) is 3.82. The molecule has 0 N–H and O–H groups in total. The summed E-state index contributed by atoms with van der Waals surface area (Å²) in [5.74, 6) is 0. The Hall–Kier alpha value is -7.68. The van der Waals surface area contributed by atoms with Crippen LogP contribution in [0.15, 0.2) is 206 Å². The Morgan fingerprint density at radius 3 is 1.43 bits per heavy atom. The lowest BCUT2D eigenvalue weighted by Crippen LogP contribution is -2.07. The lowest BCUT2D eigenvalue weighted by molar-refractivity contribution is 0.944. The van der Waals surface area contributed by atoms with Crippen LogP contribution < -0.4 is 0 Å². The summed E-state index contributed by atoms with van der Waals surface area (Å²) in [5, 5.41) is 10.2. The number of rotatable bonds is 4. The predicted molar refractivity (Wildman–Crippen MR) is 254 cm³/mol. The van der Waals surface area contributed by atoms with Crippen LogP contribution in [0.2, 0.25) is 0 Å². The minimum atomic E-state index is 0.978. The summed E-state index contributed by atoms with van der Waals surface area (Å²) in [6, 6.07) is 76.6. The topological polar surface area (TPSA) is 9.86 Å². The molecule has 0 unspecified atom stereocenters. The Balaban J connectivity index is 1.03. The Labute approximate surface area is 347 Å². The molecule has 2 heterocycles. The molecule has 0 bridgehead atoms. The molecule has 12 aromatic rings. The van der Waals surface area contributed by atoms with Crippen molar-refractivity contribution in [2.45, 2.75) is 12.8 Å². The molecule has 0 amide bonds. The van der Waals surface area contributed by atoms with Crippen LogP contribution in [0.25, 0.3) is 110 Å². The third-order valence-electron chi connectivity index (χ3n) is 13.2. The maximum atomic E-state index is 2.52. The third-order valence-corrected chi connectivity index (χ3v) is 13.2. The molecule has 0 aliphatic heterocycles. The monoisotopic (exact) mass is 762 g/mol. The van der Waals surface area contributed by atoms with Gasteiger partial charge in [-0.2, -0.15) is 0 Å². The fourth-order valence-electron chi connectivity index (χ4n) is 10.3. The van der Waals surface area contributed by atoms with E-state index in [9.17, 15) is 0 Å². The van der Waals surface area contributed by atoms with Gasteiger partial charge in [0.1, 0.15) is 0 Å². The minimum absolute atomic E-state index is 0.978. The molecule has 10 aromatic carbocycles. The molecule has 1 aliphatic rings. The number of aryl methyl sites for hydroxylation is 2. The number of hydrogen-bond acceptors (Lipinski definition) is 0. The summed E-state index contributed by atoms with van der Waals surface area (Å²) in [6.07, 6.45) is 1.96. The first-order valence-corrected chi connectivity index (χ1v) is 21.0. The van der Waals surface area contributed by atoms with Crippen LogP contribution in [0.5, 0.6) is 0 Å². The Morgan fingerprint density at radius 1 is 0.300 bits per heavy atom. The smallest absolute Gasteiger partial charge is 0.0579 e. The number of fused-ring (bicyclic) bond motifs is 12. The molecule has 0 fully saturated rings. The second-order valence-corrected chi connectivity index (χ2v) is 16.4. The van der Waals surface area contributed by atoms with Gasteiger partial charge in [0.25, 0.3) is 0 Å². The summed E-state index contributed by atoms with van der Waals surface area (Å²) in [4.78, 5) is 0. The molecular weight excluding hydrogens is 725 g/mol. The van der Waals surface area contributed by atoms with E-state index in [2.05, 4.69) is 215 Å². The molecule has 2 nitrogen and oxygen atoms in total. The summed E-state index contributed by atoms with van der Waals surface area (Å²) in [5.41, 5.74) is 17.9. The van der Waals surface area contributed by atoms with Crippen LogP contribution in [0.4, 0.5) is 0 Å². The van der Waals surface area contributed by atoms with Gasteiger partial charge in [-0.05, 0) is 152 Å². The van der Waals surface area contributed by atoms with Crippen LogP contribution in [-0.2, 0) is 12.8 Å². The van der Waals surface area contributed by atoms with E-state index in [-0.39, 0.29) is 0 Å². The molecule has 0 saturated heterocycles. The average molecular weight is 763 g/mol. The van der Waals surface area contributed by atoms with Gasteiger partial charge in [-0.25, -0.2) is 0 Å². The van der Waals surface area contributed by atoms with Crippen molar-refractivity contribution in [3.8, 4) is 44.8 Å². The maximum absolute atomic E-state index is 2.52. The highest BCUT2D eigenvalue weighted by atomic mass is 15.0. The van der Waals surface area contributed by atoms with Gasteiger partial charge in [0, 0.05) is 32.9 Å². The van der Waals surface area contributed by atoms with E-state index in [0.29, 0.717) is 0 Å². The lowest BCUT2D eigenvalue weighted by atomic mass is 9.83. The van der Waals surface area contributed by atoms with Crippen LogP contribution in [0, 0.1) is 0 Å². The normalized spacial score (nSPS) is 12.5. The fourth-order valence-corrected chi connectivity index (χ4v) is 10.3. The number of hydrogen-bond donors (Lipinski definition) is 0. The molecular formula is C58H38N2. The van der Waals surface area contributed by atoms with Crippen molar-refractivity contribution >= 4 is 65.2 Å². The summed E-state index contributed by atoms with van der Waals surface area (Å²) in [7, 11) is 0. The highest BCUT2D eigenvalue weighted by molar-refractivity contribution is 6.15. The number of aromatic nitrogens is 2. The highest BCUT2D eigenvalue weighted by Gasteiger charge is 2.25. The zero-order valence-corrected chi connectivity index (χ0v) is 32.9. The van der Waals surface area contributed by atoms with Gasteiger partial charge in [-0.15, -0.1) is 0 Å². The van der Waals surface area contributed by atoms with E-state index in [0.717, 1.165) is 12.8 Å². The van der Waals surface area contributed by atoms with Crippen LogP contribution >= 0.6 is 0 Å². The zero-order chi connectivity index (χ0) is 39.3. The third kappa shape index (κ3) is 5.01. The first-order chi connectivity index (χ1) is 29.7. The number of nitrogens with zero attached hydrogens (tertiary/aromatic N) is 2. The van der Waals surface area contributed by atoms with Crippen molar-refractivity contribution in [2.24, 2.45) is 0 Å². The molecule has 13 rings (SSSR count). The number of benzene rings is 10. The molecule has 2 aromatic heterocycles. The molecule has 0 atom stereocenters. The van der Waals surface area contributed by atoms with E-state index in [1.807, 2.05) is 0 Å². The van der Waals surface area contributed by atoms with E-state index in [4.69, 9.17) is 0 Å². The molecule has 0 spiro atoms. The first-order valence-electron chi connectivity index (χ1n) is 21.0. The summed E-state index contributed by atoms with van der Waals surface area (Å²) in [6.45, 7) is 0. The van der Waals surface area contributed by atoms with E-state index in [1.165, 1.54) is 121 Å². The van der Waals surface area contributed by atoms with Crippen molar-refractivity contribution in [1.29, 1.82) is 0 Å². The molecule has 280 valence electrons. The van der Waals surface area contributed by atoms with Crippen molar-refractivity contribution in [3.63, 3.8) is 0 Å². The van der Waals surface area contributed by atoms with Gasteiger partial charge in [-0.1, -0.05) is 133 Å². The highest BCUT2D eigenvalue weighted by Crippen LogP contribution is 2.46. The summed E-state index contributed by atoms with van der Waals surface area (Å²) < 4.78 is 4.99. The van der Waals surface area contributed by atoms with E-state index < -0.39 is 0 Å². The van der Waals surface area contributed by atoms with E-state index in [1.54, 1.807) is 0 Å². The van der Waals surface area contributed by atoms with Crippen LogP contribution in [-0.4, -0.2) is 9.13 Å². The standard InChI is InChI=1S/C58H38N2/c1-3-15-46(16-4-1)59-55-29-24-44(42-22-20-38-12-8-10-14-40(38)32-42)34-53(55)54-35-45-23-26-49-48(51(45)36-57(54)59)27-28-50-52-33-43(41-21-19-37-11-7-9-13-39(37)31-41)25-30-56(52)60(58(49)50)47-17-5-2-6-18-47/h1-22,24-25,27-36H,23,26H2. The maximum Gasteiger partial charge on any atom is 0.0579 e. The molecule has 0 radical (unpaired) electrons. The largest absolute Gasteiger partial charge is 0.309 e. The number of para-hydroxylation sites is 2. The van der Waals surface area contributed by atoms with Crippen molar-refractivity contribution in [3.05, 3.63) is 217 Å². The Kier molecular flexibility index (Phi) is 7.17. The van der Waals surface area contributed by atoms with Gasteiger partial charge >= 0.3 is 0 Å². The second-order valence-electron chi connectivity index (χ2n) is 16.4. The summed E-state index contributed by atoms with van der Waals surface area (Å²) >= 11 is 0. The SMILES string of the molecule is c1ccc(-n2c3ccc(-c4ccc5ccccc5c4)cc3c3cc4c(cc32)-c2ccc3c5cc(-c6ccc7ccccc7c6)ccc5n(-c5ccccc5)c3c2CC4)cc1. The van der Waals surface area contributed by atoms with E-state index >= 15 is 0 Å². The van der Waals surface area contributed by atoms with Crippen molar-refractivity contribution in [2.75, 3.05) is 0 Å². The van der Waals surface area contributed by atoms with Gasteiger partial charge in [-0.3, -0.25) is 0 Å².